The molecular weight excluding hydrogens is 230 g/mol. The monoisotopic (exact) mass is 237 g/mol. The van der Waals surface area contributed by atoms with E-state index in [1.807, 2.05) is 0 Å². The molecule has 2 aromatic heterocycles. The van der Waals surface area contributed by atoms with Crippen LogP contribution in [-0.4, -0.2) is 26.2 Å². The highest BCUT2D eigenvalue weighted by atomic mass is 16.6. The zero-order chi connectivity index (χ0) is 12.4. The smallest absolute Gasteiger partial charge is 0.319 e. The van der Waals surface area contributed by atoms with Crippen molar-refractivity contribution in [3.8, 4) is 0 Å². The van der Waals surface area contributed by atoms with Gasteiger partial charge in [-0.3, -0.25) is 20.0 Å². The van der Waals surface area contributed by atoms with Crippen molar-refractivity contribution in [2.75, 3.05) is 5.32 Å². The predicted octanol–water partition coefficient (Wildman–Crippen LogP) is 0.867. The van der Waals surface area contributed by atoms with E-state index in [1.54, 1.807) is 6.92 Å². The molecule has 2 aromatic rings. The quantitative estimate of drug-likeness (QED) is 0.602. The number of hydrogen-bond donors (Lipinski definition) is 2. The maximum Gasteiger partial charge on any atom is 0.319 e. The number of rotatable bonds is 3. The van der Waals surface area contributed by atoms with Crippen LogP contribution < -0.4 is 5.32 Å². The summed E-state index contributed by atoms with van der Waals surface area (Å²) in [4.78, 5) is 21.5. The minimum atomic E-state index is -0.706. The second kappa shape index (κ2) is 4.04. The molecule has 0 aromatic carbocycles. The van der Waals surface area contributed by atoms with Crippen molar-refractivity contribution >= 4 is 17.4 Å². The maximum absolute atomic E-state index is 11.6. The lowest BCUT2D eigenvalue weighted by Crippen LogP contribution is -2.14. The number of aryl methyl sites for hydroxylation is 1. The third kappa shape index (κ3) is 2.12. The van der Waals surface area contributed by atoms with Crippen LogP contribution in [0.5, 0.6) is 0 Å². The summed E-state index contributed by atoms with van der Waals surface area (Å²) in [6.45, 7) is 1.65. The Labute approximate surface area is 93.9 Å². The number of amides is 1. The van der Waals surface area contributed by atoms with Crippen molar-refractivity contribution in [2.24, 2.45) is 0 Å². The lowest BCUT2D eigenvalue weighted by atomic mass is 10.3. The Balaban J connectivity index is 2.20. The van der Waals surface area contributed by atoms with Gasteiger partial charge in [0.15, 0.2) is 5.82 Å². The van der Waals surface area contributed by atoms with E-state index in [9.17, 15) is 14.9 Å². The average molecular weight is 237 g/mol. The molecule has 2 heterocycles. The molecule has 0 unspecified atom stereocenters. The molecule has 0 atom stereocenters. The number of nitrogens with zero attached hydrogens (tertiary/aromatic N) is 3. The van der Waals surface area contributed by atoms with Crippen molar-refractivity contribution < 1.29 is 14.2 Å². The van der Waals surface area contributed by atoms with Gasteiger partial charge in [0.25, 0.3) is 5.91 Å². The van der Waals surface area contributed by atoms with Crippen LogP contribution >= 0.6 is 0 Å². The predicted molar refractivity (Wildman–Crippen MR) is 54.4 cm³/mol. The Kier molecular flexibility index (Phi) is 2.57. The molecule has 0 saturated heterocycles. The summed E-state index contributed by atoms with van der Waals surface area (Å²) < 4.78 is 4.74. The number of nitrogens with one attached hydrogen (secondary N) is 2. The minimum absolute atomic E-state index is 0.177. The van der Waals surface area contributed by atoms with Crippen LogP contribution in [0.1, 0.15) is 16.2 Å². The van der Waals surface area contributed by atoms with Gasteiger partial charge in [-0.2, -0.15) is 5.10 Å². The molecule has 0 saturated carbocycles. The first-order chi connectivity index (χ1) is 8.08. The van der Waals surface area contributed by atoms with Gasteiger partial charge in [0.2, 0.25) is 5.69 Å². The van der Waals surface area contributed by atoms with Crippen LogP contribution in [0, 0.1) is 17.0 Å². The zero-order valence-corrected chi connectivity index (χ0v) is 8.63. The average Bonchev–Trinajstić information content (AvgIpc) is 2.86. The topological polar surface area (TPSA) is 127 Å². The number of nitro groups is 1. The number of anilines is 1. The van der Waals surface area contributed by atoms with Crippen LogP contribution in [0.3, 0.4) is 0 Å². The number of hydrogen-bond acceptors (Lipinski definition) is 6. The summed E-state index contributed by atoms with van der Waals surface area (Å²) in [7, 11) is 0. The Morgan fingerprint density at radius 3 is 3.00 bits per heavy atom. The molecular formula is C8H7N5O4. The molecule has 9 heteroatoms. The molecule has 0 fully saturated rings. The first-order valence-electron chi connectivity index (χ1n) is 4.50. The van der Waals surface area contributed by atoms with Crippen molar-refractivity contribution in [2.45, 2.75) is 6.92 Å². The first kappa shape index (κ1) is 10.8. The molecule has 0 radical (unpaired) electrons. The van der Waals surface area contributed by atoms with Crippen molar-refractivity contribution in [3.05, 3.63) is 33.8 Å². The lowest BCUT2D eigenvalue weighted by molar-refractivity contribution is -0.385. The van der Waals surface area contributed by atoms with Gasteiger partial charge in [-0.1, -0.05) is 5.16 Å². The SMILES string of the molecule is Cc1cc(NC(=O)c2[nH]ncc2[N+](=O)[O-])no1. The summed E-state index contributed by atoms with van der Waals surface area (Å²) in [6.07, 6.45) is 0.961. The summed E-state index contributed by atoms with van der Waals surface area (Å²) in [5.41, 5.74) is -0.640. The highest BCUT2D eigenvalue weighted by Gasteiger charge is 2.23. The molecule has 0 aliphatic carbocycles. The van der Waals surface area contributed by atoms with E-state index >= 15 is 0 Å². The summed E-state index contributed by atoms with van der Waals surface area (Å²) in [6, 6.07) is 1.49. The Morgan fingerprint density at radius 2 is 2.41 bits per heavy atom. The molecule has 9 nitrogen and oxygen atoms in total. The van der Waals surface area contributed by atoms with E-state index in [1.165, 1.54) is 6.07 Å². The number of aromatic nitrogens is 3. The number of H-pyrrole nitrogens is 1. The third-order valence-electron chi connectivity index (χ3n) is 1.91. The summed E-state index contributed by atoms with van der Waals surface area (Å²) in [5.74, 6) is -0.0155. The van der Waals surface area contributed by atoms with Crippen LogP contribution in [0.4, 0.5) is 11.5 Å². The standard InChI is InChI=1S/C8H7N5O4/c1-4-2-6(12-17-4)10-8(14)7-5(13(15)16)3-9-11-7/h2-3H,1H3,(H,9,11)(H,10,12,14). The number of carbonyl (C=O) groups excluding carboxylic acids is 1. The van der Waals surface area contributed by atoms with Gasteiger partial charge in [0.05, 0.1) is 4.92 Å². The number of aromatic amines is 1. The van der Waals surface area contributed by atoms with Crippen molar-refractivity contribution in [1.82, 2.24) is 15.4 Å². The molecule has 0 aliphatic rings. The van der Waals surface area contributed by atoms with Crippen LogP contribution in [0.2, 0.25) is 0 Å². The molecule has 2 rings (SSSR count). The summed E-state index contributed by atoms with van der Waals surface area (Å²) >= 11 is 0. The molecule has 2 N–H and O–H groups in total. The minimum Gasteiger partial charge on any atom is -0.360 e. The van der Waals surface area contributed by atoms with Crippen molar-refractivity contribution in [1.29, 1.82) is 0 Å². The fourth-order valence-corrected chi connectivity index (χ4v) is 1.19. The van der Waals surface area contributed by atoms with E-state index < -0.39 is 16.5 Å². The van der Waals surface area contributed by atoms with Crippen LogP contribution in [0.15, 0.2) is 16.8 Å². The van der Waals surface area contributed by atoms with Crippen LogP contribution in [-0.2, 0) is 0 Å². The molecule has 1 amide bonds. The van der Waals surface area contributed by atoms with E-state index in [2.05, 4.69) is 20.7 Å². The van der Waals surface area contributed by atoms with Crippen LogP contribution in [0.25, 0.3) is 0 Å². The van der Waals surface area contributed by atoms with E-state index in [4.69, 9.17) is 4.52 Å². The van der Waals surface area contributed by atoms with Crippen molar-refractivity contribution in [3.63, 3.8) is 0 Å². The van der Waals surface area contributed by atoms with Gasteiger partial charge >= 0.3 is 5.69 Å². The van der Waals surface area contributed by atoms with Gasteiger partial charge in [0.1, 0.15) is 12.0 Å². The zero-order valence-electron chi connectivity index (χ0n) is 8.63. The Morgan fingerprint density at radius 1 is 1.65 bits per heavy atom. The highest BCUT2D eigenvalue weighted by Crippen LogP contribution is 2.16. The maximum atomic E-state index is 11.6. The highest BCUT2D eigenvalue weighted by molar-refractivity contribution is 6.04. The second-order valence-electron chi connectivity index (χ2n) is 3.16. The van der Waals surface area contributed by atoms with E-state index in [0.29, 0.717) is 5.76 Å². The first-order valence-corrected chi connectivity index (χ1v) is 4.50. The second-order valence-corrected chi connectivity index (χ2v) is 3.16. The molecule has 0 bridgehead atoms. The normalized spacial score (nSPS) is 10.2. The van der Waals surface area contributed by atoms with Gasteiger partial charge in [-0.15, -0.1) is 0 Å². The summed E-state index contributed by atoms with van der Waals surface area (Å²) in [5, 5.41) is 22.1. The fourth-order valence-electron chi connectivity index (χ4n) is 1.19. The molecule has 17 heavy (non-hydrogen) atoms. The van der Waals surface area contributed by atoms with Gasteiger partial charge in [-0.25, -0.2) is 0 Å². The largest absolute Gasteiger partial charge is 0.360 e. The molecule has 0 aliphatic heterocycles. The van der Waals surface area contributed by atoms with Gasteiger partial charge in [-0.05, 0) is 6.92 Å². The Hall–Kier alpha value is -2.71. The Bertz CT molecular complexity index is 572. The lowest BCUT2D eigenvalue weighted by Gasteiger charge is -1.97. The van der Waals surface area contributed by atoms with Gasteiger partial charge < -0.3 is 9.84 Å². The van der Waals surface area contributed by atoms with E-state index in [0.717, 1.165) is 6.20 Å². The van der Waals surface area contributed by atoms with Gasteiger partial charge in [0, 0.05) is 6.07 Å². The molecule has 0 spiro atoms. The number of carbonyl (C=O) groups is 1. The van der Waals surface area contributed by atoms with E-state index in [-0.39, 0.29) is 11.5 Å². The molecule has 88 valence electrons. The fraction of sp³-hybridized carbons (Fsp3) is 0.125. The third-order valence-corrected chi connectivity index (χ3v) is 1.91.